The van der Waals surface area contributed by atoms with Crippen LogP contribution in [0.1, 0.15) is 136 Å². The van der Waals surface area contributed by atoms with Gasteiger partial charge in [0.2, 0.25) is 5.91 Å². The molecule has 0 heterocycles. The molecule has 236 valence electrons. The lowest BCUT2D eigenvalue weighted by Gasteiger charge is -2.21. The molecule has 4 N–H and O–H groups in total. The fourth-order valence-corrected chi connectivity index (χ4v) is 4.38. The number of hydrogen-bond donors (Lipinski definition) is 4. The SMILES string of the molecule is CCCCC/C=C\C=C/CCCCCCCC(O)C(=O)NC(CO)C(O)/C=C/CC/C=C/CC/C=C/CCCCC. The maximum absolute atomic E-state index is 12.3. The molecule has 0 aromatic rings. The number of unbranched alkanes of at least 4 members (excludes halogenated alkanes) is 13. The first-order valence-electron chi connectivity index (χ1n) is 16.6. The van der Waals surface area contributed by atoms with Gasteiger partial charge in [-0.25, -0.2) is 0 Å². The monoisotopic (exact) mass is 573 g/mol. The van der Waals surface area contributed by atoms with Gasteiger partial charge in [0, 0.05) is 0 Å². The van der Waals surface area contributed by atoms with Gasteiger partial charge in [0.1, 0.15) is 6.10 Å². The first-order valence-corrected chi connectivity index (χ1v) is 16.6. The summed E-state index contributed by atoms with van der Waals surface area (Å²) in [7, 11) is 0. The smallest absolute Gasteiger partial charge is 0.249 e. The van der Waals surface area contributed by atoms with Gasteiger partial charge in [0.05, 0.1) is 18.8 Å². The second-order valence-corrected chi connectivity index (χ2v) is 11.0. The number of amides is 1. The lowest BCUT2D eigenvalue weighted by atomic mass is 10.1. The average molecular weight is 574 g/mol. The number of aliphatic hydroxyl groups is 3. The van der Waals surface area contributed by atoms with Crippen molar-refractivity contribution in [2.45, 2.75) is 154 Å². The minimum absolute atomic E-state index is 0.389. The van der Waals surface area contributed by atoms with Crippen LogP contribution >= 0.6 is 0 Å². The van der Waals surface area contributed by atoms with E-state index in [1.165, 1.54) is 44.9 Å². The van der Waals surface area contributed by atoms with Crippen molar-refractivity contribution >= 4 is 5.91 Å². The number of allylic oxidation sites excluding steroid dienone is 9. The topological polar surface area (TPSA) is 89.8 Å². The maximum Gasteiger partial charge on any atom is 0.249 e. The molecule has 41 heavy (non-hydrogen) atoms. The Kier molecular flexibility index (Phi) is 29.5. The Balaban J connectivity index is 3.93. The highest BCUT2D eigenvalue weighted by Crippen LogP contribution is 2.10. The van der Waals surface area contributed by atoms with Gasteiger partial charge in [-0.2, -0.15) is 0 Å². The number of hydrogen-bond acceptors (Lipinski definition) is 4. The number of nitrogens with one attached hydrogen (secondary N) is 1. The van der Waals surface area contributed by atoms with E-state index in [-0.39, 0.29) is 6.61 Å². The maximum atomic E-state index is 12.3. The Morgan fingerprint density at radius 2 is 1.07 bits per heavy atom. The molecule has 0 radical (unpaired) electrons. The van der Waals surface area contributed by atoms with Crippen molar-refractivity contribution in [1.82, 2.24) is 5.32 Å². The normalized spacial score (nSPS) is 14.8. The van der Waals surface area contributed by atoms with Crippen molar-refractivity contribution in [3.63, 3.8) is 0 Å². The average Bonchev–Trinajstić information content (AvgIpc) is 2.98. The summed E-state index contributed by atoms with van der Waals surface area (Å²) in [6.45, 7) is 4.05. The lowest BCUT2D eigenvalue weighted by Crippen LogP contribution is -2.48. The molecule has 0 spiro atoms. The second-order valence-electron chi connectivity index (χ2n) is 11.0. The van der Waals surface area contributed by atoms with Gasteiger partial charge in [-0.15, -0.1) is 0 Å². The molecular weight excluding hydrogens is 510 g/mol. The number of carbonyl (C=O) groups is 1. The van der Waals surface area contributed by atoms with Gasteiger partial charge >= 0.3 is 0 Å². The molecule has 0 rings (SSSR count). The first-order chi connectivity index (χ1) is 20.1. The van der Waals surface area contributed by atoms with Gasteiger partial charge in [-0.05, 0) is 70.6 Å². The highest BCUT2D eigenvalue weighted by molar-refractivity contribution is 5.80. The summed E-state index contributed by atoms with van der Waals surface area (Å²) in [5, 5.41) is 32.8. The quantitative estimate of drug-likeness (QED) is 0.0430. The van der Waals surface area contributed by atoms with Crippen molar-refractivity contribution in [2.75, 3.05) is 6.61 Å². The molecule has 0 aromatic heterocycles. The Morgan fingerprint density at radius 3 is 1.63 bits per heavy atom. The third-order valence-electron chi connectivity index (χ3n) is 7.09. The van der Waals surface area contributed by atoms with E-state index in [4.69, 9.17) is 0 Å². The summed E-state index contributed by atoms with van der Waals surface area (Å²) < 4.78 is 0. The van der Waals surface area contributed by atoms with E-state index in [1.54, 1.807) is 6.08 Å². The molecule has 0 fully saturated rings. The van der Waals surface area contributed by atoms with Crippen LogP contribution in [0.2, 0.25) is 0 Å². The molecule has 3 atom stereocenters. The Labute approximate surface area is 252 Å². The largest absolute Gasteiger partial charge is 0.394 e. The predicted molar refractivity (Wildman–Crippen MR) is 176 cm³/mol. The summed E-state index contributed by atoms with van der Waals surface area (Å²) >= 11 is 0. The van der Waals surface area contributed by atoms with Gasteiger partial charge in [-0.3, -0.25) is 4.79 Å². The highest BCUT2D eigenvalue weighted by Gasteiger charge is 2.22. The van der Waals surface area contributed by atoms with Crippen LogP contribution in [0.3, 0.4) is 0 Å². The molecule has 0 aromatic carbocycles. The molecular formula is C36H63NO4. The standard InChI is InChI=1S/C36H63NO4/c1-3-5-7-9-11-13-15-17-19-21-23-25-27-29-31-35(40)36(41)37-33(32-38)34(39)30-28-26-24-22-20-18-16-14-12-10-8-6-4-2/h11-15,17,20,22,28,30,33-35,38-40H,3-10,16,18-19,21,23-27,29,31-32H2,1-2H3,(H,37,41)/b13-11-,14-12+,17-15-,22-20+,30-28+. The minimum atomic E-state index is -1.12. The fourth-order valence-electron chi connectivity index (χ4n) is 4.38. The highest BCUT2D eigenvalue weighted by atomic mass is 16.3. The zero-order valence-electron chi connectivity index (χ0n) is 26.4. The minimum Gasteiger partial charge on any atom is -0.394 e. The molecule has 0 aliphatic carbocycles. The van der Waals surface area contributed by atoms with Crippen LogP contribution in [0, 0.1) is 0 Å². The van der Waals surface area contributed by atoms with E-state index in [9.17, 15) is 20.1 Å². The van der Waals surface area contributed by atoms with Gasteiger partial charge < -0.3 is 20.6 Å². The van der Waals surface area contributed by atoms with Crippen LogP contribution in [-0.4, -0.2) is 46.1 Å². The molecule has 0 saturated carbocycles. The van der Waals surface area contributed by atoms with Crippen molar-refractivity contribution in [3.8, 4) is 0 Å². The number of aliphatic hydroxyl groups excluding tert-OH is 3. The van der Waals surface area contributed by atoms with Crippen LogP contribution in [0.5, 0.6) is 0 Å². The Hall–Kier alpha value is -1.95. The molecule has 5 nitrogen and oxygen atoms in total. The van der Waals surface area contributed by atoms with Crippen molar-refractivity contribution in [2.24, 2.45) is 0 Å². The van der Waals surface area contributed by atoms with Crippen LogP contribution in [0.4, 0.5) is 0 Å². The molecule has 1 amide bonds. The predicted octanol–water partition coefficient (Wildman–Crippen LogP) is 8.42. The summed E-state index contributed by atoms with van der Waals surface area (Å²) in [6.07, 6.45) is 39.4. The van der Waals surface area contributed by atoms with E-state index in [0.29, 0.717) is 6.42 Å². The summed E-state index contributed by atoms with van der Waals surface area (Å²) in [4.78, 5) is 12.3. The van der Waals surface area contributed by atoms with Crippen molar-refractivity contribution in [1.29, 1.82) is 0 Å². The van der Waals surface area contributed by atoms with E-state index in [0.717, 1.165) is 70.6 Å². The third kappa shape index (κ3) is 26.7. The van der Waals surface area contributed by atoms with E-state index in [1.807, 2.05) is 6.08 Å². The number of carbonyl (C=O) groups excluding carboxylic acids is 1. The molecule has 5 heteroatoms. The number of rotatable bonds is 28. The molecule has 0 aliphatic heterocycles. The molecule has 0 bridgehead atoms. The third-order valence-corrected chi connectivity index (χ3v) is 7.09. The second kappa shape index (κ2) is 31.0. The lowest BCUT2D eigenvalue weighted by molar-refractivity contribution is -0.131. The van der Waals surface area contributed by atoms with Crippen LogP contribution in [-0.2, 0) is 4.79 Å². The molecule has 0 saturated heterocycles. The Morgan fingerprint density at radius 1 is 0.610 bits per heavy atom. The zero-order chi connectivity index (χ0) is 30.2. The zero-order valence-corrected chi connectivity index (χ0v) is 26.4. The fraction of sp³-hybridized carbons (Fsp3) is 0.694. The van der Waals surface area contributed by atoms with Gasteiger partial charge in [0.25, 0.3) is 0 Å². The van der Waals surface area contributed by atoms with Crippen molar-refractivity contribution < 1.29 is 20.1 Å². The van der Waals surface area contributed by atoms with Crippen LogP contribution < -0.4 is 5.32 Å². The summed E-state index contributed by atoms with van der Waals surface area (Å²) in [6, 6.07) is -0.827. The molecule has 3 unspecified atom stereocenters. The summed E-state index contributed by atoms with van der Waals surface area (Å²) in [5.74, 6) is -0.535. The van der Waals surface area contributed by atoms with Gasteiger partial charge in [-0.1, -0.05) is 126 Å². The van der Waals surface area contributed by atoms with Crippen molar-refractivity contribution in [3.05, 3.63) is 60.8 Å². The van der Waals surface area contributed by atoms with E-state index >= 15 is 0 Å². The Bertz CT molecular complexity index is 725. The van der Waals surface area contributed by atoms with E-state index < -0.39 is 24.2 Å². The van der Waals surface area contributed by atoms with Crippen LogP contribution in [0.15, 0.2) is 60.8 Å². The molecule has 0 aliphatic rings. The summed E-state index contributed by atoms with van der Waals surface area (Å²) in [5.41, 5.74) is 0. The van der Waals surface area contributed by atoms with Crippen LogP contribution in [0.25, 0.3) is 0 Å². The first kappa shape index (κ1) is 39.0. The van der Waals surface area contributed by atoms with Gasteiger partial charge in [0.15, 0.2) is 0 Å². The van der Waals surface area contributed by atoms with E-state index in [2.05, 4.69) is 67.8 Å².